The third-order valence-corrected chi connectivity index (χ3v) is 8.97. The standard InChI is InChI=1S/C33H44F3N3O3S/c1-23(40)37-15-12-24(13-16-37)20-30(41)39-18-17-38(22-29(39)32(2,3)4)31(25-8-6-5-7-9-25)27-10-11-28(42-33(34,35)36)26(21-27)14-19-43/h5-11,21,24,29,31,43H,12-20,22H2,1-4H3/t29-,31?/m1/s1. The molecular weight excluding hydrogens is 575 g/mol. The summed E-state index contributed by atoms with van der Waals surface area (Å²) in [5.74, 6) is 0.688. The molecule has 0 aromatic heterocycles. The number of amides is 2. The highest BCUT2D eigenvalue weighted by molar-refractivity contribution is 7.80. The van der Waals surface area contributed by atoms with Crippen LogP contribution in [0.15, 0.2) is 48.5 Å². The maximum Gasteiger partial charge on any atom is 0.573 e. The molecule has 2 atom stereocenters. The zero-order chi connectivity index (χ0) is 31.4. The van der Waals surface area contributed by atoms with Gasteiger partial charge in [0.05, 0.1) is 6.04 Å². The molecule has 10 heteroatoms. The van der Waals surface area contributed by atoms with Crippen molar-refractivity contribution in [3.8, 4) is 5.75 Å². The summed E-state index contributed by atoms with van der Waals surface area (Å²) in [7, 11) is 0. The number of rotatable bonds is 8. The van der Waals surface area contributed by atoms with Gasteiger partial charge in [-0.15, -0.1) is 13.2 Å². The van der Waals surface area contributed by atoms with E-state index in [1.54, 1.807) is 13.0 Å². The van der Waals surface area contributed by atoms with Crippen LogP contribution in [-0.2, 0) is 16.0 Å². The number of piperidine rings is 1. The Kier molecular flexibility index (Phi) is 10.7. The first-order chi connectivity index (χ1) is 20.3. The van der Waals surface area contributed by atoms with Gasteiger partial charge < -0.3 is 14.5 Å². The molecule has 2 heterocycles. The molecule has 6 nitrogen and oxygen atoms in total. The lowest BCUT2D eigenvalue weighted by atomic mass is 9.82. The number of hydrogen-bond donors (Lipinski definition) is 1. The van der Waals surface area contributed by atoms with Crippen molar-refractivity contribution in [2.24, 2.45) is 11.3 Å². The first-order valence-corrected chi connectivity index (χ1v) is 15.7. The Bertz CT molecular complexity index is 1240. The normalized spacial score (nSPS) is 19.8. The summed E-state index contributed by atoms with van der Waals surface area (Å²) in [4.78, 5) is 31.7. The van der Waals surface area contributed by atoms with Gasteiger partial charge in [0, 0.05) is 52.1 Å². The summed E-state index contributed by atoms with van der Waals surface area (Å²) in [5.41, 5.74) is 2.17. The minimum Gasteiger partial charge on any atom is -0.406 e. The second-order valence-electron chi connectivity index (χ2n) is 12.8. The van der Waals surface area contributed by atoms with E-state index in [-0.39, 0.29) is 41.0 Å². The molecule has 2 fully saturated rings. The van der Waals surface area contributed by atoms with Gasteiger partial charge >= 0.3 is 6.36 Å². The molecule has 0 N–H and O–H groups in total. The van der Waals surface area contributed by atoms with Crippen LogP contribution in [0, 0.1) is 11.3 Å². The molecule has 0 aliphatic carbocycles. The molecule has 0 radical (unpaired) electrons. The second-order valence-corrected chi connectivity index (χ2v) is 13.3. The van der Waals surface area contributed by atoms with Crippen LogP contribution >= 0.6 is 12.6 Å². The minimum atomic E-state index is -4.78. The van der Waals surface area contributed by atoms with E-state index >= 15 is 0 Å². The summed E-state index contributed by atoms with van der Waals surface area (Å²) in [6, 6.07) is 14.6. The Morgan fingerprint density at radius 2 is 1.65 bits per heavy atom. The quantitative estimate of drug-likeness (QED) is 0.350. The SMILES string of the molecule is CC(=O)N1CCC(CC(=O)N2CCN(C(c3ccccc3)c3ccc(OC(F)(F)F)c(CCS)c3)C[C@@H]2C(C)(C)C)CC1. The van der Waals surface area contributed by atoms with Crippen molar-refractivity contribution >= 4 is 24.4 Å². The van der Waals surface area contributed by atoms with Crippen LogP contribution in [0.3, 0.4) is 0 Å². The lowest BCUT2D eigenvalue weighted by molar-refractivity contribution is -0.274. The van der Waals surface area contributed by atoms with Crippen molar-refractivity contribution in [3.63, 3.8) is 0 Å². The van der Waals surface area contributed by atoms with Crippen LogP contribution < -0.4 is 4.74 Å². The molecule has 4 rings (SSSR count). The average molecular weight is 620 g/mol. The van der Waals surface area contributed by atoms with Crippen molar-refractivity contribution in [1.82, 2.24) is 14.7 Å². The maximum atomic E-state index is 13.7. The van der Waals surface area contributed by atoms with Gasteiger partial charge in [-0.3, -0.25) is 14.5 Å². The van der Waals surface area contributed by atoms with E-state index in [9.17, 15) is 22.8 Å². The molecular formula is C33H44F3N3O3S. The second kappa shape index (κ2) is 13.9. The number of alkyl halides is 3. The van der Waals surface area contributed by atoms with E-state index in [4.69, 9.17) is 0 Å². The van der Waals surface area contributed by atoms with Gasteiger partial charge in [0.25, 0.3) is 0 Å². The number of aryl methyl sites for hydroxylation is 1. The monoisotopic (exact) mass is 619 g/mol. The smallest absolute Gasteiger partial charge is 0.406 e. The average Bonchev–Trinajstić information content (AvgIpc) is 2.94. The third-order valence-electron chi connectivity index (χ3n) is 8.74. The fourth-order valence-electron chi connectivity index (χ4n) is 6.45. The molecule has 0 saturated carbocycles. The van der Waals surface area contributed by atoms with Crippen LogP contribution in [0.5, 0.6) is 5.75 Å². The number of carbonyl (C=O) groups is 2. The van der Waals surface area contributed by atoms with Crippen LogP contribution in [0.25, 0.3) is 0 Å². The summed E-state index contributed by atoms with van der Waals surface area (Å²) in [6.45, 7) is 11.3. The number of nitrogens with zero attached hydrogens (tertiary/aromatic N) is 3. The lowest BCUT2D eigenvalue weighted by Gasteiger charge is -2.50. The Labute approximate surface area is 259 Å². The fraction of sp³-hybridized carbons (Fsp3) is 0.576. The third kappa shape index (κ3) is 8.69. The van der Waals surface area contributed by atoms with Crippen LogP contribution in [0.2, 0.25) is 0 Å². The molecule has 2 aromatic carbocycles. The summed E-state index contributed by atoms with van der Waals surface area (Å²) in [5, 5.41) is 0. The molecule has 236 valence electrons. The molecule has 1 unspecified atom stereocenters. The van der Waals surface area contributed by atoms with Gasteiger partial charge in [-0.05, 0) is 59.1 Å². The summed E-state index contributed by atoms with van der Waals surface area (Å²) in [6.07, 6.45) is -2.29. The molecule has 2 aliphatic heterocycles. The zero-order valence-electron chi connectivity index (χ0n) is 25.6. The topological polar surface area (TPSA) is 53.1 Å². The molecule has 2 saturated heterocycles. The molecule has 2 amide bonds. The number of piperazine rings is 1. The minimum absolute atomic E-state index is 0.0537. The van der Waals surface area contributed by atoms with E-state index in [0.29, 0.717) is 56.9 Å². The van der Waals surface area contributed by atoms with Gasteiger partial charge in [0.2, 0.25) is 11.8 Å². The Morgan fingerprint density at radius 3 is 2.23 bits per heavy atom. The summed E-state index contributed by atoms with van der Waals surface area (Å²) >= 11 is 4.28. The van der Waals surface area contributed by atoms with Crippen molar-refractivity contribution in [3.05, 3.63) is 65.2 Å². The number of halogens is 3. The van der Waals surface area contributed by atoms with Crippen LogP contribution in [-0.4, -0.2) is 77.4 Å². The van der Waals surface area contributed by atoms with E-state index in [1.807, 2.05) is 46.2 Å². The number of benzene rings is 2. The van der Waals surface area contributed by atoms with Crippen molar-refractivity contribution in [1.29, 1.82) is 0 Å². The van der Waals surface area contributed by atoms with Gasteiger partial charge in [0.15, 0.2) is 0 Å². The number of ether oxygens (including phenoxy) is 1. The molecule has 2 aromatic rings. The van der Waals surface area contributed by atoms with E-state index in [0.717, 1.165) is 24.0 Å². The first kappa shape index (κ1) is 33.2. The maximum absolute atomic E-state index is 13.7. The first-order valence-electron chi connectivity index (χ1n) is 15.1. The number of likely N-dealkylation sites (tertiary alicyclic amines) is 1. The molecule has 43 heavy (non-hydrogen) atoms. The van der Waals surface area contributed by atoms with Crippen molar-refractivity contribution in [2.75, 3.05) is 38.5 Å². The Balaban J connectivity index is 1.59. The molecule has 2 aliphatic rings. The van der Waals surface area contributed by atoms with Gasteiger partial charge in [-0.2, -0.15) is 12.6 Å². The van der Waals surface area contributed by atoms with Gasteiger partial charge in [-0.1, -0.05) is 63.2 Å². The lowest BCUT2D eigenvalue weighted by Crippen LogP contribution is -2.60. The highest BCUT2D eigenvalue weighted by atomic mass is 32.1. The number of carbonyl (C=O) groups excluding carboxylic acids is 2. The largest absolute Gasteiger partial charge is 0.573 e. The zero-order valence-corrected chi connectivity index (χ0v) is 26.5. The van der Waals surface area contributed by atoms with Gasteiger partial charge in [-0.25, -0.2) is 0 Å². The van der Waals surface area contributed by atoms with E-state index in [1.165, 1.54) is 6.07 Å². The molecule has 0 spiro atoms. The predicted octanol–water partition coefficient (Wildman–Crippen LogP) is 6.35. The highest BCUT2D eigenvalue weighted by Crippen LogP contribution is 2.38. The highest BCUT2D eigenvalue weighted by Gasteiger charge is 2.41. The Morgan fingerprint density at radius 1 is 0.977 bits per heavy atom. The van der Waals surface area contributed by atoms with E-state index in [2.05, 4.69) is 43.0 Å². The van der Waals surface area contributed by atoms with Gasteiger partial charge in [0.1, 0.15) is 5.75 Å². The number of thiol groups is 1. The van der Waals surface area contributed by atoms with E-state index < -0.39 is 6.36 Å². The summed E-state index contributed by atoms with van der Waals surface area (Å²) < 4.78 is 43.7. The van der Waals surface area contributed by atoms with Crippen LogP contribution in [0.1, 0.15) is 69.7 Å². The van der Waals surface area contributed by atoms with Crippen molar-refractivity contribution < 1.29 is 27.5 Å². The fourth-order valence-corrected chi connectivity index (χ4v) is 6.69. The Hall–Kier alpha value is -2.72. The molecule has 0 bridgehead atoms. The van der Waals surface area contributed by atoms with Crippen molar-refractivity contribution in [2.45, 2.75) is 71.8 Å². The number of hydrogen-bond acceptors (Lipinski definition) is 5. The van der Waals surface area contributed by atoms with Crippen LogP contribution in [0.4, 0.5) is 13.2 Å². The predicted molar refractivity (Wildman–Crippen MR) is 165 cm³/mol.